The van der Waals surface area contributed by atoms with Crippen LogP contribution in [0.15, 0.2) is 0 Å². The Morgan fingerprint density at radius 3 is 2.64 bits per heavy atom. The van der Waals surface area contributed by atoms with Crippen LogP contribution in [-0.4, -0.2) is 41.1 Å². The lowest BCUT2D eigenvalue weighted by Crippen LogP contribution is -2.47. The zero-order valence-corrected chi connectivity index (χ0v) is 8.78. The van der Waals surface area contributed by atoms with Crippen molar-refractivity contribution in [3.63, 3.8) is 0 Å². The fourth-order valence-electron chi connectivity index (χ4n) is 1.76. The van der Waals surface area contributed by atoms with Crippen molar-refractivity contribution in [3.8, 4) is 0 Å². The number of nitrogens with zero attached hydrogens (tertiary/aromatic N) is 1. The van der Waals surface area contributed by atoms with E-state index in [9.17, 15) is 9.90 Å². The van der Waals surface area contributed by atoms with Gasteiger partial charge in [0, 0.05) is 13.1 Å². The second-order valence-electron chi connectivity index (χ2n) is 3.95. The lowest BCUT2D eigenvalue weighted by Gasteiger charge is -2.31. The van der Waals surface area contributed by atoms with Crippen LogP contribution in [0.4, 0.5) is 0 Å². The van der Waals surface area contributed by atoms with Crippen molar-refractivity contribution in [2.45, 2.75) is 44.8 Å². The van der Waals surface area contributed by atoms with Crippen LogP contribution in [0, 0.1) is 0 Å². The number of carbonyl (C=O) groups is 1. The van der Waals surface area contributed by atoms with Gasteiger partial charge >= 0.3 is 0 Å². The predicted octanol–water partition coefficient (Wildman–Crippen LogP) is 0.0971. The van der Waals surface area contributed by atoms with Crippen molar-refractivity contribution >= 4 is 5.91 Å². The van der Waals surface area contributed by atoms with Gasteiger partial charge in [0.1, 0.15) is 0 Å². The third-order valence-electron chi connectivity index (χ3n) is 2.69. The molecule has 1 amide bonds. The molecule has 1 fully saturated rings. The van der Waals surface area contributed by atoms with Gasteiger partial charge in [0.05, 0.1) is 12.1 Å². The van der Waals surface area contributed by atoms with E-state index < -0.39 is 0 Å². The van der Waals surface area contributed by atoms with Gasteiger partial charge in [-0.2, -0.15) is 0 Å². The molecule has 0 aromatic heterocycles. The molecule has 1 saturated heterocycles. The molecule has 0 radical (unpaired) electrons. The van der Waals surface area contributed by atoms with Crippen LogP contribution in [0.5, 0.6) is 0 Å². The van der Waals surface area contributed by atoms with Crippen LogP contribution in [0.2, 0.25) is 0 Å². The summed E-state index contributed by atoms with van der Waals surface area (Å²) in [5, 5.41) is 9.28. The minimum Gasteiger partial charge on any atom is -0.393 e. The molecular formula is C10H20N2O2. The zero-order valence-electron chi connectivity index (χ0n) is 8.78. The molecule has 1 atom stereocenters. The Kier molecular flexibility index (Phi) is 4.35. The summed E-state index contributed by atoms with van der Waals surface area (Å²) in [6.07, 6.45) is 2.82. The van der Waals surface area contributed by atoms with Crippen molar-refractivity contribution < 1.29 is 9.90 Å². The minimum absolute atomic E-state index is 0.0405. The summed E-state index contributed by atoms with van der Waals surface area (Å²) in [6, 6.07) is -0.352. The van der Waals surface area contributed by atoms with Gasteiger partial charge in [0.2, 0.25) is 5.91 Å². The van der Waals surface area contributed by atoms with E-state index in [1.165, 1.54) is 0 Å². The van der Waals surface area contributed by atoms with E-state index in [0.29, 0.717) is 25.9 Å². The molecule has 1 aliphatic rings. The molecule has 3 N–H and O–H groups in total. The van der Waals surface area contributed by atoms with E-state index in [-0.39, 0.29) is 18.1 Å². The van der Waals surface area contributed by atoms with E-state index in [1.807, 2.05) is 6.92 Å². The van der Waals surface area contributed by atoms with E-state index in [2.05, 4.69) is 0 Å². The van der Waals surface area contributed by atoms with Gasteiger partial charge in [-0.15, -0.1) is 0 Å². The summed E-state index contributed by atoms with van der Waals surface area (Å²) in [5.41, 5.74) is 5.74. The van der Waals surface area contributed by atoms with Gasteiger partial charge in [-0.1, -0.05) is 13.3 Å². The summed E-state index contributed by atoms with van der Waals surface area (Å²) in [7, 11) is 0. The Labute approximate surface area is 85.1 Å². The standard InChI is InChI=1S/C10H20N2O2/c1-2-3-9(11)10(14)12-6-4-8(13)5-7-12/h8-9,13H,2-7,11H2,1H3/t9-/m0/s1. The normalized spacial score (nSPS) is 20.9. The number of likely N-dealkylation sites (tertiary alicyclic amines) is 1. The number of rotatable bonds is 3. The molecule has 4 nitrogen and oxygen atoms in total. The van der Waals surface area contributed by atoms with E-state index in [0.717, 1.165) is 12.8 Å². The van der Waals surface area contributed by atoms with Crippen molar-refractivity contribution in [2.75, 3.05) is 13.1 Å². The Balaban J connectivity index is 2.37. The smallest absolute Gasteiger partial charge is 0.239 e. The highest BCUT2D eigenvalue weighted by Gasteiger charge is 2.24. The van der Waals surface area contributed by atoms with Gasteiger partial charge in [-0.3, -0.25) is 4.79 Å². The van der Waals surface area contributed by atoms with Crippen LogP contribution in [0.25, 0.3) is 0 Å². The number of hydrogen-bond donors (Lipinski definition) is 2. The first-order chi connectivity index (χ1) is 6.65. The molecule has 1 aliphatic heterocycles. The molecule has 14 heavy (non-hydrogen) atoms. The number of aliphatic hydroxyl groups excluding tert-OH is 1. The fraction of sp³-hybridized carbons (Fsp3) is 0.900. The monoisotopic (exact) mass is 200 g/mol. The Bertz CT molecular complexity index is 189. The van der Waals surface area contributed by atoms with E-state index >= 15 is 0 Å². The summed E-state index contributed by atoms with van der Waals surface area (Å²) >= 11 is 0. The van der Waals surface area contributed by atoms with Crippen LogP contribution in [0.3, 0.4) is 0 Å². The van der Waals surface area contributed by atoms with Crippen molar-refractivity contribution in [2.24, 2.45) is 5.73 Å². The lowest BCUT2D eigenvalue weighted by molar-refractivity contribution is -0.134. The maximum atomic E-state index is 11.7. The summed E-state index contributed by atoms with van der Waals surface area (Å²) < 4.78 is 0. The fourth-order valence-corrected chi connectivity index (χ4v) is 1.76. The number of amides is 1. The van der Waals surface area contributed by atoms with Crippen LogP contribution >= 0.6 is 0 Å². The molecule has 1 heterocycles. The average molecular weight is 200 g/mol. The molecule has 0 spiro atoms. The van der Waals surface area contributed by atoms with Crippen LogP contribution in [-0.2, 0) is 4.79 Å². The van der Waals surface area contributed by atoms with Crippen molar-refractivity contribution in [1.29, 1.82) is 0 Å². The van der Waals surface area contributed by atoms with Gasteiger partial charge in [-0.05, 0) is 19.3 Å². The minimum atomic E-state index is -0.352. The first kappa shape index (κ1) is 11.5. The average Bonchev–Trinajstić information content (AvgIpc) is 2.18. The molecular weight excluding hydrogens is 180 g/mol. The third-order valence-corrected chi connectivity index (χ3v) is 2.69. The van der Waals surface area contributed by atoms with Gasteiger partial charge in [0.15, 0.2) is 0 Å². The molecule has 0 saturated carbocycles. The second kappa shape index (κ2) is 5.32. The molecule has 0 aromatic carbocycles. The number of carbonyl (C=O) groups excluding carboxylic acids is 1. The number of nitrogens with two attached hydrogens (primary N) is 1. The highest BCUT2D eigenvalue weighted by atomic mass is 16.3. The first-order valence-electron chi connectivity index (χ1n) is 5.37. The van der Waals surface area contributed by atoms with Gasteiger partial charge < -0.3 is 15.7 Å². The zero-order chi connectivity index (χ0) is 10.6. The third kappa shape index (κ3) is 2.96. The topological polar surface area (TPSA) is 66.6 Å². The highest BCUT2D eigenvalue weighted by Crippen LogP contribution is 2.11. The first-order valence-corrected chi connectivity index (χ1v) is 5.37. The molecule has 82 valence electrons. The number of piperidine rings is 1. The quantitative estimate of drug-likeness (QED) is 0.679. The summed E-state index contributed by atoms with van der Waals surface area (Å²) in [5.74, 6) is 0.0405. The van der Waals surface area contributed by atoms with Gasteiger partial charge in [-0.25, -0.2) is 0 Å². The summed E-state index contributed by atoms with van der Waals surface area (Å²) in [4.78, 5) is 13.5. The molecule has 4 heteroatoms. The SMILES string of the molecule is CCC[C@H](N)C(=O)N1CCC(O)CC1. The maximum absolute atomic E-state index is 11.7. The van der Waals surface area contributed by atoms with Crippen LogP contribution < -0.4 is 5.73 Å². The largest absolute Gasteiger partial charge is 0.393 e. The molecule has 0 aliphatic carbocycles. The second-order valence-corrected chi connectivity index (χ2v) is 3.95. The highest BCUT2D eigenvalue weighted by molar-refractivity contribution is 5.81. The van der Waals surface area contributed by atoms with Gasteiger partial charge in [0.25, 0.3) is 0 Å². The van der Waals surface area contributed by atoms with E-state index in [4.69, 9.17) is 5.73 Å². The molecule has 0 unspecified atom stereocenters. The molecule has 0 aromatic rings. The van der Waals surface area contributed by atoms with E-state index in [1.54, 1.807) is 4.90 Å². The predicted molar refractivity (Wildman–Crippen MR) is 54.7 cm³/mol. The number of hydrogen-bond acceptors (Lipinski definition) is 3. The molecule has 0 bridgehead atoms. The Hall–Kier alpha value is -0.610. The Morgan fingerprint density at radius 2 is 2.14 bits per heavy atom. The van der Waals surface area contributed by atoms with Crippen molar-refractivity contribution in [3.05, 3.63) is 0 Å². The van der Waals surface area contributed by atoms with Crippen molar-refractivity contribution in [1.82, 2.24) is 4.90 Å². The maximum Gasteiger partial charge on any atom is 0.239 e. The number of aliphatic hydroxyl groups is 1. The molecule has 1 rings (SSSR count). The lowest BCUT2D eigenvalue weighted by atomic mass is 10.1. The van der Waals surface area contributed by atoms with Crippen LogP contribution in [0.1, 0.15) is 32.6 Å². The Morgan fingerprint density at radius 1 is 1.57 bits per heavy atom. The summed E-state index contributed by atoms with van der Waals surface area (Å²) in [6.45, 7) is 3.32.